The number of aldehydes is 1. The number of nitrogens with one attached hydrogen (secondary N) is 1. The molecule has 0 aromatic carbocycles. The van der Waals surface area contributed by atoms with Gasteiger partial charge in [-0.3, -0.25) is 9.69 Å². The van der Waals surface area contributed by atoms with E-state index in [9.17, 15) is 4.79 Å². The van der Waals surface area contributed by atoms with E-state index in [4.69, 9.17) is 0 Å². The lowest BCUT2D eigenvalue weighted by Gasteiger charge is -2.27. The van der Waals surface area contributed by atoms with Crippen LogP contribution in [0.1, 0.15) is 10.6 Å². The highest BCUT2D eigenvalue weighted by Gasteiger charge is 2.09. The SMILES string of the molecule is Cl.O=Cc1nccn1CCN1CCNCC1. The highest BCUT2D eigenvalue weighted by Crippen LogP contribution is 1.97. The maximum atomic E-state index is 10.6. The molecule has 90 valence electrons. The Morgan fingerprint density at radius 1 is 1.38 bits per heavy atom. The van der Waals surface area contributed by atoms with Crippen molar-refractivity contribution in [1.82, 2.24) is 19.8 Å². The molecule has 0 radical (unpaired) electrons. The molecule has 0 amide bonds. The number of carbonyl (C=O) groups is 1. The van der Waals surface area contributed by atoms with Gasteiger partial charge in [-0.15, -0.1) is 12.4 Å². The molecular weight excluding hydrogens is 228 g/mol. The highest BCUT2D eigenvalue weighted by molar-refractivity contribution is 5.85. The summed E-state index contributed by atoms with van der Waals surface area (Å²) in [5, 5.41) is 3.31. The second-order valence-electron chi connectivity index (χ2n) is 3.69. The van der Waals surface area contributed by atoms with Crippen LogP contribution in [-0.4, -0.2) is 53.5 Å². The summed E-state index contributed by atoms with van der Waals surface area (Å²) >= 11 is 0. The number of piperazine rings is 1. The van der Waals surface area contributed by atoms with E-state index in [2.05, 4.69) is 15.2 Å². The van der Waals surface area contributed by atoms with Crippen LogP contribution in [0.3, 0.4) is 0 Å². The summed E-state index contributed by atoms with van der Waals surface area (Å²) in [5.41, 5.74) is 0. The average Bonchev–Trinajstić information content (AvgIpc) is 2.75. The fourth-order valence-corrected chi connectivity index (χ4v) is 1.81. The Bertz CT molecular complexity index is 322. The normalized spacial score (nSPS) is 16.8. The molecule has 1 aromatic rings. The molecule has 1 fully saturated rings. The maximum absolute atomic E-state index is 10.6. The van der Waals surface area contributed by atoms with Crippen molar-refractivity contribution in [2.45, 2.75) is 6.54 Å². The van der Waals surface area contributed by atoms with Crippen LogP contribution in [-0.2, 0) is 6.54 Å². The lowest BCUT2D eigenvalue weighted by molar-refractivity contribution is 0.111. The molecule has 2 heterocycles. The molecule has 2 rings (SSSR count). The quantitative estimate of drug-likeness (QED) is 0.759. The predicted molar refractivity (Wildman–Crippen MR) is 64.2 cm³/mol. The van der Waals surface area contributed by atoms with Gasteiger partial charge in [0.25, 0.3) is 0 Å². The van der Waals surface area contributed by atoms with Crippen LogP contribution in [0.5, 0.6) is 0 Å². The molecule has 0 aliphatic carbocycles. The van der Waals surface area contributed by atoms with E-state index in [1.54, 1.807) is 6.20 Å². The lowest BCUT2D eigenvalue weighted by Crippen LogP contribution is -2.44. The first-order chi connectivity index (χ1) is 7.40. The molecule has 6 heteroatoms. The number of aromatic nitrogens is 2. The van der Waals surface area contributed by atoms with Crippen LogP contribution in [0.15, 0.2) is 12.4 Å². The average molecular weight is 245 g/mol. The highest BCUT2D eigenvalue weighted by atomic mass is 35.5. The third-order valence-electron chi connectivity index (χ3n) is 2.72. The van der Waals surface area contributed by atoms with Crippen molar-refractivity contribution in [2.24, 2.45) is 0 Å². The Labute approximate surface area is 101 Å². The lowest BCUT2D eigenvalue weighted by atomic mass is 10.3. The molecule has 1 N–H and O–H groups in total. The third kappa shape index (κ3) is 3.30. The summed E-state index contributed by atoms with van der Waals surface area (Å²) in [4.78, 5) is 17.0. The molecule has 1 aromatic heterocycles. The van der Waals surface area contributed by atoms with Gasteiger partial charge < -0.3 is 9.88 Å². The second kappa shape index (κ2) is 6.62. The van der Waals surface area contributed by atoms with Crippen molar-refractivity contribution >= 4 is 18.7 Å². The van der Waals surface area contributed by atoms with E-state index in [0.29, 0.717) is 5.82 Å². The van der Waals surface area contributed by atoms with Crippen molar-refractivity contribution < 1.29 is 4.79 Å². The summed E-state index contributed by atoms with van der Waals surface area (Å²) in [6, 6.07) is 0. The molecule has 0 saturated carbocycles. The van der Waals surface area contributed by atoms with Crippen LogP contribution in [0, 0.1) is 0 Å². The smallest absolute Gasteiger partial charge is 0.185 e. The van der Waals surface area contributed by atoms with Gasteiger partial charge in [0.15, 0.2) is 12.1 Å². The largest absolute Gasteiger partial charge is 0.327 e. The second-order valence-corrected chi connectivity index (χ2v) is 3.69. The van der Waals surface area contributed by atoms with Crippen LogP contribution in [0.2, 0.25) is 0 Å². The van der Waals surface area contributed by atoms with Gasteiger partial charge in [0.1, 0.15) is 0 Å². The molecule has 0 bridgehead atoms. The molecule has 5 nitrogen and oxygen atoms in total. The molecular formula is C10H17ClN4O. The van der Waals surface area contributed by atoms with Gasteiger partial charge in [0, 0.05) is 51.7 Å². The van der Waals surface area contributed by atoms with Crippen molar-refractivity contribution in [3.05, 3.63) is 18.2 Å². The standard InChI is InChI=1S/C10H16N4O.ClH/c15-9-10-12-3-6-14(10)8-7-13-4-1-11-2-5-13;/h3,6,9,11H,1-2,4-5,7-8H2;1H. The third-order valence-corrected chi connectivity index (χ3v) is 2.72. The zero-order valence-electron chi connectivity index (χ0n) is 9.13. The number of hydrogen-bond acceptors (Lipinski definition) is 4. The van der Waals surface area contributed by atoms with Crippen molar-refractivity contribution in [3.63, 3.8) is 0 Å². The summed E-state index contributed by atoms with van der Waals surface area (Å²) in [6.45, 7) is 6.12. The van der Waals surface area contributed by atoms with Gasteiger partial charge in [0.05, 0.1) is 0 Å². The molecule has 1 aliphatic rings. The Kier molecular flexibility index (Phi) is 5.45. The molecule has 0 unspecified atom stereocenters. The van der Waals surface area contributed by atoms with Gasteiger partial charge in [-0.2, -0.15) is 0 Å². The van der Waals surface area contributed by atoms with E-state index in [-0.39, 0.29) is 12.4 Å². The Morgan fingerprint density at radius 2 is 2.12 bits per heavy atom. The fourth-order valence-electron chi connectivity index (χ4n) is 1.81. The van der Waals surface area contributed by atoms with E-state index >= 15 is 0 Å². The predicted octanol–water partition coefficient (Wildman–Crippen LogP) is 0.0226. The van der Waals surface area contributed by atoms with Crippen LogP contribution in [0.25, 0.3) is 0 Å². The topological polar surface area (TPSA) is 50.2 Å². The van der Waals surface area contributed by atoms with Gasteiger partial charge in [-0.05, 0) is 0 Å². The molecule has 16 heavy (non-hydrogen) atoms. The van der Waals surface area contributed by atoms with Gasteiger partial charge >= 0.3 is 0 Å². The molecule has 1 aliphatic heterocycles. The Balaban J connectivity index is 0.00000128. The zero-order chi connectivity index (χ0) is 10.5. The number of carbonyl (C=O) groups excluding carboxylic acids is 1. The van der Waals surface area contributed by atoms with Gasteiger partial charge in [0.2, 0.25) is 0 Å². The first kappa shape index (κ1) is 13.2. The minimum absolute atomic E-state index is 0. The first-order valence-electron chi connectivity index (χ1n) is 5.29. The minimum atomic E-state index is 0. The number of nitrogens with zero attached hydrogens (tertiary/aromatic N) is 3. The number of halogens is 1. The van der Waals surface area contributed by atoms with Crippen LogP contribution in [0.4, 0.5) is 0 Å². The zero-order valence-corrected chi connectivity index (χ0v) is 9.95. The molecule has 0 atom stereocenters. The van der Waals surface area contributed by atoms with Gasteiger partial charge in [-0.1, -0.05) is 0 Å². The van der Waals surface area contributed by atoms with Crippen molar-refractivity contribution in [3.8, 4) is 0 Å². The summed E-state index contributed by atoms with van der Waals surface area (Å²) in [6.07, 6.45) is 4.32. The van der Waals surface area contributed by atoms with Crippen LogP contribution >= 0.6 is 12.4 Å². The van der Waals surface area contributed by atoms with Crippen molar-refractivity contribution in [2.75, 3.05) is 32.7 Å². The van der Waals surface area contributed by atoms with E-state index < -0.39 is 0 Å². The first-order valence-corrected chi connectivity index (χ1v) is 5.29. The van der Waals surface area contributed by atoms with Gasteiger partial charge in [-0.25, -0.2) is 4.98 Å². The van der Waals surface area contributed by atoms with Crippen molar-refractivity contribution in [1.29, 1.82) is 0 Å². The summed E-state index contributed by atoms with van der Waals surface area (Å²) < 4.78 is 1.90. The molecule has 0 spiro atoms. The fraction of sp³-hybridized carbons (Fsp3) is 0.600. The number of imidazole rings is 1. The van der Waals surface area contributed by atoms with Crippen LogP contribution < -0.4 is 5.32 Å². The maximum Gasteiger partial charge on any atom is 0.185 e. The summed E-state index contributed by atoms with van der Waals surface area (Å²) in [5.74, 6) is 0.519. The van der Waals surface area contributed by atoms with E-state index in [1.165, 1.54) is 0 Å². The number of hydrogen-bond donors (Lipinski definition) is 1. The summed E-state index contributed by atoms with van der Waals surface area (Å²) in [7, 11) is 0. The number of rotatable bonds is 4. The Hall–Kier alpha value is -0.910. The molecule has 1 saturated heterocycles. The van der Waals surface area contributed by atoms with E-state index in [0.717, 1.165) is 45.6 Å². The van der Waals surface area contributed by atoms with E-state index in [1.807, 2.05) is 10.8 Å². The Morgan fingerprint density at radius 3 is 2.81 bits per heavy atom. The monoisotopic (exact) mass is 244 g/mol. The minimum Gasteiger partial charge on any atom is -0.327 e.